The molecule has 0 amide bonds. The topological polar surface area (TPSA) is 58.6 Å². The summed E-state index contributed by atoms with van der Waals surface area (Å²) < 4.78 is 33.0. The monoisotopic (exact) mass is 312 g/mol. The molecule has 1 unspecified atom stereocenters. The van der Waals surface area contributed by atoms with E-state index in [-0.39, 0.29) is 10.9 Å². The highest BCUT2D eigenvalue weighted by molar-refractivity contribution is 7.89. The van der Waals surface area contributed by atoms with E-state index < -0.39 is 10.0 Å². The van der Waals surface area contributed by atoms with Crippen LogP contribution in [0.2, 0.25) is 0 Å². The number of benzene rings is 1. The molecule has 6 heteroatoms. The molecule has 1 heterocycles. The minimum Gasteiger partial charge on any atom is -0.495 e. The lowest BCUT2D eigenvalue weighted by molar-refractivity contribution is 0.331. The Kier molecular flexibility index (Phi) is 5.24. The van der Waals surface area contributed by atoms with Crippen LogP contribution in [-0.4, -0.2) is 45.5 Å². The van der Waals surface area contributed by atoms with E-state index in [9.17, 15) is 8.42 Å². The predicted molar refractivity (Wildman–Crippen MR) is 83.2 cm³/mol. The standard InChI is InChI=1S/C15H24N2O3S/c1-4-9-17(13-7-8-16-11-13)21(18,19)15-10-12(2)5-6-14(15)20-3/h5-6,10,13,16H,4,7-9,11H2,1-3H3. The van der Waals surface area contributed by atoms with E-state index in [0.717, 1.165) is 24.9 Å². The molecule has 1 aromatic rings. The van der Waals surface area contributed by atoms with Gasteiger partial charge in [0.05, 0.1) is 7.11 Å². The molecule has 21 heavy (non-hydrogen) atoms. The first-order chi connectivity index (χ1) is 10.0. The molecule has 1 aromatic carbocycles. The van der Waals surface area contributed by atoms with Crippen molar-refractivity contribution in [1.29, 1.82) is 0 Å². The summed E-state index contributed by atoms with van der Waals surface area (Å²) in [5.74, 6) is 0.410. The molecule has 1 saturated heterocycles. The van der Waals surface area contributed by atoms with Crippen LogP contribution in [0.3, 0.4) is 0 Å². The number of hydrogen-bond donors (Lipinski definition) is 1. The quantitative estimate of drug-likeness (QED) is 0.870. The number of hydrogen-bond acceptors (Lipinski definition) is 4. The summed E-state index contributed by atoms with van der Waals surface area (Å²) in [6.07, 6.45) is 1.65. The molecule has 0 bridgehead atoms. The van der Waals surface area contributed by atoms with Crippen molar-refractivity contribution in [3.63, 3.8) is 0 Å². The molecule has 0 aromatic heterocycles. The third kappa shape index (κ3) is 3.39. The van der Waals surface area contributed by atoms with Crippen LogP contribution in [0, 0.1) is 6.92 Å². The van der Waals surface area contributed by atoms with Crippen molar-refractivity contribution in [1.82, 2.24) is 9.62 Å². The van der Waals surface area contributed by atoms with Crippen LogP contribution in [0.25, 0.3) is 0 Å². The molecule has 5 nitrogen and oxygen atoms in total. The maximum atomic E-state index is 13.1. The van der Waals surface area contributed by atoms with Crippen LogP contribution >= 0.6 is 0 Å². The highest BCUT2D eigenvalue weighted by Gasteiger charge is 2.34. The molecule has 0 saturated carbocycles. The molecule has 0 spiro atoms. The van der Waals surface area contributed by atoms with Gasteiger partial charge in [-0.25, -0.2) is 8.42 Å². The highest BCUT2D eigenvalue weighted by Crippen LogP contribution is 2.29. The Morgan fingerprint density at radius 3 is 2.76 bits per heavy atom. The zero-order chi connectivity index (χ0) is 15.5. The molecule has 1 atom stereocenters. The summed E-state index contributed by atoms with van der Waals surface area (Å²) in [6.45, 7) is 6.00. The Balaban J connectivity index is 2.44. The lowest BCUT2D eigenvalue weighted by Crippen LogP contribution is -2.42. The normalized spacial score (nSPS) is 19.1. The fourth-order valence-electron chi connectivity index (χ4n) is 2.72. The second kappa shape index (κ2) is 6.77. The molecule has 1 aliphatic rings. The zero-order valence-corrected chi connectivity index (χ0v) is 13.7. The summed E-state index contributed by atoms with van der Waals surface area (Å²) in [6, 6.07) is 5.30. The maximum absolute atomic E-state index is 13.1. The lowest BCUT2D eigenvalue weighted by Gasteiger charge is -2.28. The Labute approximate surface area is 127 Å². The van der Waals surface area contributed by atoms with E-state index in [1.54, 1.807) is 16.4 Å². The van der Waals surface area contributed by atoms with Crippen molar-refractivity contribution in [3.05, 3.63) is 23.8 Å². The van der Waals surface area contributed by atoms with Crippen molar-refractivity contribution >= 4 is 10.0 Å². The van der Waals surface area contributed by atoms with Gasteiger partial charge in [-0.15, -0.1) is 0 Å². The fraction of sp³-hybridized carbons (Fsp3) is 0.600. The van der Waals surface area contributed by atoms with Gasteiger partial charge in [-0.1, -0.05) is 13.0 Å². The third-order valence-electron chi connectivity index (χ3n) is 3.79. The van der Waals surface area contributed by atoms with Crippen molar-refractivity contribution in [2.45, 2.75) is 37.6 Å². The Morgan fingerprint density at radius 2 is 2.19 bits per heavy atom. The second-order valence-corrected chi connectivity index (χ2v) is 7.28. The summed E-state index contributed by atoms with van der Waals surface area (Å²) in [7, 11) is -2.04. The largest absolute Gasteiger partial charge is 0.495 e. The first-order valence-corrected chi connectivity index (χ1v) is 8.82. The van der Waals surface area contributed by atoms with Crippen molar-refractivity contribution < 1.29 is 13.2 Å². The number of sulfonamides is 1. The molecule has 118 valence electrons. The van der Waals surface area contributed by atoms with Gasteiger partial charge in [-0.3, -0.25) is 0 Å². The summed E-state index contributed by atoms with van der Waals surface area (Å²) >= 11 is 0. The fourth-order valence-corrected chi connectivity index (χ4v) is 4.70. The van der Waals surface area contributed by atoms with Gasteiger partial charge in [0.15, 0.2) is 0 Å². The van der Waals surface area contributed by atoms with E-state index in [2.05, 4.69) is 5.32 Å². The van der Waals surface area contributed by atoms with Crippen molar-refractivity contribution in [2.24, 2.45) is 0 Å². The van der Waals surface area contributed by atoms with Gasteiger partial charge in [0, 0.05) is 19.1 Å². The molecule has 0 radical (unpaired) electrons. The Hall–Kier alpha value is -1.11. The van der Waals surface area contributed by atoms with Gasteiger partial charge >= 0.3 is 0 Å². The van der Waals surface area contributed by atoms with Gasteiger partial charge in [-0.2, -0.15) is 4.31 Å². The Bertz CT molecular complexity index is 581. The molecule has 1 fully saturated rings. The molecule has 1 N–H and O–H groups in total. The molecular weight excluding hydrogens is 288 g/mol. The average Bonchev–Trinajstić information content (AvgIpc) is 2.98. The van der Waals surface area contributed by atoms with Gasteiger partial charge in [0.25, 0.3) is 0 Å². The number of nitrogens with one attached hydrogen (secondary N) is 1. The minimum atomic E-state index is -3.54. The molecular formula is C15H24N2O3S. The van der Waals surface area contributed by atoms with Crippen LogP contribution in [0.5, 0.6) is 5.75 Å². The van der Waals surface area contributed by atoms with Crippen LogP contribution in [0.1, 0.15) is 25.3 Å². The van der Waals surface area contributed by atoms with E-state index >= 15 is 0 Å². The first-order valence-electron chi connectivity index (χ1n) is 7.38. The number of aryl methyl sites for hydroxylation is 1. The van der Waals surface area contributed by atoms with E-state index in [1.807, 2.05) is 19.9 Å². The van der Waals surface area contributed by atoms with Gasteiger partial charge in [-0.05, 0) is 44.0 Å². The first kappa shape index (κ1) is 16.3. The predicted octanol–water partition coefficient (Wildman–Crippen LogP) is 1.77. The van der Waals surface area contributed by atoms with E-state index in [0.29, 0.717) is 18.8 Å². The number of rotatable bonds is 6. The number of ether oxygens (including phenoxy) is 1. The van der Waals surface area contributed by atoms with Gasteiger partial charge < -0.3 is 10.1 Å². The second-order valence-electron chi connectivity index (χ2n) is 5.42. The van der Waals surface area contributed by atoms with E-state index in [1.165, 1.54) is 7.11 Å². The van der Waals surface area contributed by atoms with Crippen LogP contribution in [0.15, 0.2) is 23.1 Å². The summed E-state index contributed by atoms with van der Waals surface area (Å²) in [4.78, 5) is 0.269. The SMILES string of the molecule is CCCN(C1CCNC1)S(=O)(=O)c1cc(C)ccc1OC. The van der Waals surface area contributed by atoms with Crippen LogP contribution < -0.4 is 10.1 Å². The lowest BCUT2D eigenvalue weighted by atomic mass is 10.2. The summed E-state index contributed by atoms with van der Waals surface area (Å²) in [5.41, 5.74) is 0.912. The van der Waals surface area contributed by atoms with Gasteiger partial charge in [0.2, 0.25) is 10.0 Å². The molecule has 0 aliphatic carbocycles. The third-order valence-corrected chi connectivity index (χ3v) is 5.76. The smallest absolute Gasteiger partial charge is 0.247 e. The van der Waals surface area contributed by atoms with Crippen molar-refractivity contribution in [3.8, 4) is 5.75 Å². The van der Waals surface area contributed by atoms with Gasteiger partial charge in [0.1, 0.15) is 10.6 Å². The molecule has 2 rings (SSSR count). The van der Waals surface area contributed by atoms with E-state index in [4.69, 9.17) is 4.74 Å². The van der Waals surface area contributed by atoms with Crippen LogP contribution in [0.4, 0.5) is 0 Å². The summed E-state index contributed by atoms with van der Waals surface area (Å²) in [5, 5.41) is 3.24. The average molecular weight is 312 g/mol. The molecule has 1 aliphatic heterocycles. The zero-order valence-electron chi connectivity index (χ0n) is 12.9. The van der Waals surface area contributed by atoms with Crippen LogP contribution in [-0.2, 0) is 10.0 Å². The van der Waals surface area contributed by atoms with Crippen molar-refractivity contribution in [2.75, 3.05) is 26.7 Å². The number of nitrogens with zero attached hydrogens (tertiary/aromatic N) is 1. The Morgan fingerprint density at radius 1 is 1.43 bits per heavy atom. The maximum Gasteiger partial charge on any atom is 0.247 e. The number of methoxy groups -OCH3 is 1. The minimum absolute atomic E-state index is 0.0279. The highest BCUT2D eigenvalue weighted by atomic mass is 32.2.